The molecule has 4 aliphatic rings. The fourth-order valence-corrected chi connectivity index (χ4v) is 8.44. The van der Waals surface area contributed by atoms with Gasteiger partial charge in [0.2, 0.25) is 0 Å². The summed E-state index contributed by atoms with van der Waals surface area (Å²) in [5, 5.41) is 19.5. The molecular formula is C27H44O3. The molecule has 0 saturated heterocycles. The topological polar surface area (TPSA) is 57.5 Å². The number of aliphatic hydroxyl groups is 2. The third-order valence-corrected chi connectivity index (χ3v) is 10.3. The summed E-state index contributed by atoms with van der Waals surface area (Å²) in [6.45, 7) is 9.79. The lowest BCUT2D eigenvalue weighted by atomic mass is 9.46. The molecule has 0 aromatic carbocycles. The third kappa shape index (κ3) is 3.62. The van der Waals surface area contributed by atoms with Gasteiger partial charge in [0.05, 0.1) is 6.10 Å². The van der Waals surface area contributed by atoms with Crippen LogP contribution in [-0.4, -0.2) is 28.7 Å². The average Bonchev–Trinajstić information content (AvgIpc) is 3.06. The van der Waals surface area contributed by atoms with Crippen molar-refractivity contribution >= 4 is 5.78 Å². The molecule has 0 spiro atoms. The second-order valence-electron chi connectivity index (χ2n) is 12.0. The van der Waals surface area contributed by atoms with Crippen LogP contribution in [-0.2, 0) is 4.79 Å². The lowest BCUT2D eigenvalue weighted by Crippen LogP contribution is -2.53. The summed E-state index contributed by atoms with van der Waals surface area (Å²) in [7, 11) is 0. The van der Waals surface area contributed by atoms with Gasteiger partial charge in [0.1, 0.15) is 0 Å². The van der Waals surface area contributed by atoms with Crippen molar-refractivity contribution in [3.8, 4) is 0 Å². The van der Waals surface area contributed by atoms with Crippen LogP contribution in [0.4, 0.5) is 0 Å². The lowest BCUT2D eigenvalue weighted by molar-refractivity contribution is -0.135. The molecule has 0 heterocycles. The average molecular weight is 417 g/mol. The van der Waals surface area contributed by atoms with Crippen LogP contribution in [0.1, 0.15) is 91.9 Å². The van der Waals surface area contributed by atoms with E-state index in [2.05, 4.69) is 27.7 Å². The number of allylic oxidation sites excluding steroid dienone is 1. The molecule has 2 N–H and O–H groups in total. The smallest absolute Gasteiger partial charge is 0.159 e. The molecule has 9 atom stereocenters. The minimum atomic E-state index is -0.257. The molecule has 0 aromatic heterocycles. The van der Waals surface area contributed by atoms with Gasteiger partial charge in [0, 0.05) is 12.5 Å². The number of carbonyl (C=O) groups excluding carboxylic acids is 1. The van der Waals surface area contributed by atoms with E-state index in [1.54, 1.807) is 0 Å². The maximum atomic E-state index is 13.4. The number of rotatable bonds is 6. The highest BCUT2D eigenvalue weighted by molar-refractivity contribution is 5.94. The predicted molar refractivity (Wildman–Crippen MR) is 121 cm³/mol. The maximum absolute atomic E-state index is 13.4. The molecule has 0 bridgehead atoms. The Morgan fingerprint density at radius 2 is 1.83 bits per heavy atom. The first-order valence-corrected chi connectivity index (χ1v) is 12.7. The molecule has 3 nitrogen and oxygen atoms in total. The molecule has 4 aliphatic carbocycles. The molecule has 0 radical (unpaired) electrons. The zero-order valence-corrected chi connectivity index (χ0v) is 19.7. The van der Waals surface area contributed by atoms with Crippen molar-refractivity contribution in [3.63, 3.8) is 0 Å². The molecule has 170 valence electrons. The van der Waals surface area contributed by atoms with E-state index in [-0.39, 0.29) is 17.4 Å². The van der Waals surface area contributed by atoms with Gasteiger partial charge in [-0.2, -0.15) is 0 Å². The van der Waals surface area contributed by atoms with Crippen LogP contribution >= 0.6 is 0 Å². The SMILES string of the molecule is CC(CO)CCC[C@H](C)[C@@H]1CC[C@@H]2[C@H]3C(=O)C=C4C[C@H](O)CC[C@@]4(C)[C@@H]3CC[C@]21C. The van der Waals surface area contributed by atoms with E-state index in [9.17, 15) is 15.0 Å². The van der Waals surface area contributed by atoms with Crippen LogP contribution in [0.2, 0.25) is 0 Å². The first kappa shape index (κ1) is 22.5. The molecule has 4 rings (SSSR count). The molecule has 3 heteroatoms. The molecule has 0 amide bonds. The number of carbonyl (C=O) groups is 1. The van der Waals surface area contributed by atoms with Crippen LogP contribution in [0.15, 0.2) is 11.6 Å². The van der Waals surface area contributed by atoms with Crippen molar-refractivity contribution in [2.24, 2.45) is 46.3 Å². The fourth-order valence-electron chi connectivity index (χ4n) is 8.44. The fraction of sp³-hybridized carbons (Fsp3) is 0.889. The predicted octanol–water partition coefficient (Wildman–Crippen LogP) is 5.54. The van der Waals surface area contributed by atoms with Gasteiger partial charge in [0.25, 0.3) is 0 Å². The Morgan fingerprint density at radius 3 is 2.57 bits per heavy atom. The molecule has 0 aromatic rings. The second kappa shape index (κ2) is 8.35. The summed E-state index contributed by atoms with van der Waals surface area (Å²) >= 11 is 0. The van der Waals surface area contributed by atoms with Crippen molar-refractivity contribution in [2.45, 2.75) is 98.0 Å². The van der Waals surface area contributed by atoms with Crippen LogP contribution in [0.5, 0.6) is 0 Å². The number of hydrogen-bond acceptors (Lipinski definition) is 3. The minimum Gasteiger partial charge on any atom is -0.396 e. The van der Waals surface area contributed by atoms with Gasteiger partial charge in [-0.05, 0) is 97.9 Å². The summed E-state index contributed by atoms with van der Waals surface area (Å²) in [4.78, 5) is 13.4. The molecule has 0 aliphatic heterocycles. The molecule has 3 saturated carbocycles. The highest BCUT2D eigenvalue weighted by Gasteiger charge is 2.61. The highest BCUT2D eigenvalue weighted by Crippen LogP contribution is 2.66. The van der Waals surface area contributed by atoms with Crippen LogP contribution < -0.4 is 0 Å². The first-order chi connectivity index (χ1) is 14.2. The molecule has 1 unspecified atom stereocenters. The summed E-state index contributed by atoms with van der Waals surface area (Å²) in [6, 6.07) is 0. The van der Waals surface area contributed by atoms with Crippen molar-refractivity contribution in [2.75, 3.05) is 6.61 Å². The second-order valence-corrected chi connectivity index (χ2v) is 12.0. The summed E-state index contributed by atoms with van der Waals surface area (Å²) in [5.74, 6) is 3.45. The number of fused-ring (bicyclic) bond motifs is 5. The maximum Gasteiger partial charge on any atom is 0.159 e. The van der Waals surface area contributed by atoms with E-state index < -0.39 is 0 Å². The normalized spacial score (nSPS) is 45.2. The summed E-state index contributed by atoms with van der Waals surface area (Å²) in [5.41, 5.74) is 1.68. The number of ketones is 1. The number of hydrogen-bond donors (Lipinski definition) is 2. The van der Waals surface area contributed by atoms with E-state index >= 15 is 0 Å². The monoisotopic (exact) mass is 416 g/mol. The number of aliphatic hydroxyl groups excluding tert-OH is 2. The highest BCUT2D eigenvalue weighted by atomic mass is 16.3. The molecular weight excluding hydrogens is 372 g/mol. The lowest BCUT2D eigenvalue weighted by Gasteiger charge is -2.57. The van der Waals surface area contributed by atoms with Gasteiger partial charge in [-0.3, -0.25) is 4.79 Å². The largest absolute Gasteiger partial charge is 0.396 e. The zero-order valence-electron chi connectivity index (χ0n) is 19.7. The van der Waals surface area contributed by atoms with Crippen molar-refractivity contribution < 1.29 is 15.0 Å². The Hall–Kier alpha value is -0.670. The Bertz CT molecular complexity index is 684. The van der Waals surface area contributed by atoms with Gasteiger partial charge in [-0.25, -0.2) is 0 Å². The Kier molecular flexibility index (Phi) is 6.27. The Labute approximate surface area is 183 Å². The van der Waals surface area contributed by atoms with Gasteiger partial charge in [-0.15, -0.1) is 0 Å². The molecule has 3 fully saturated rings. The van der Waals surface area contributed by atoms with Gasteiger partial charge < -0.3 is 10.2 Å². The van der Waals surface area contributed by atoms with Crippen molar-refractivity contribution in [1.82, 2.24) is 0 Å². The molecule has 30 heavy (non-hydrogen) atoms. The van der Waals surface area contributed by atoms with Gasteiger partial charge in [0.15, 0.2) is 5.78 Å². The first-order valence-electron chi connectivity index (χ1n) is 12.7. The van der Waals surface area contributed by atoms with Crippen molar-refractivity contribution in [3.05, 3.63) is 11.6 Å². The van der Waals surface area contributed by atoms with E-state index in [0.717, 1.165) is 25.2 Å². The van der Waals surface area contributed by atoms with Crippen LogP contribution in [0, 0.1) is 46.3 Å². The third-order valence-electron chi connectivity index (χ3n) is 10.3. The Balaban J connectivity index is 1.51. The van der Waals surface area contributed by atoms with Crippen LogP contribution in [0.25, 0.3) is 0 Å². The van der Waals surface area contributed by atoms with Gasteiger partial charge in [-0.1, -0.05) is 46.1 Å². The summed E-state index contributed by atoms with van der Waals surface area (Å²) < 4.78 is 0. The minimum absolute atomic E-state index is 0.128. The standard InChI is InChI=1S/C27H44O3/c1-17(16-28)6-5-7-18(2)21-8-9-22-25-23(11-13-27(21,22)4)26(3)12-10-20(29)14-19(26)15-24(25)30/h15,17-18,20-23,25,28-29H,5-14,16H2,1-4H3/t17?,18-,20+,21-,22+,23+,25+,26+,27-/m0/s1. The van der Waals surface area contributed by atoms with E-state index in [0.29, 0.717) is 47.9 Å². The van der Waals surface area contributed by atoms with E-state index in [1.807, 2.05) is 6.08 Å². The Morgan fingerprint density at radius 1 is 1.07 bits per heavy atom. The zero-order chi connectivity index (χ0) is 21.7. The van der Waals surface area contributed by atoms with Crippen LogP contribution in [0.3, 0.4) is 0 Å². The van der Waals surface area contributed by atoms with E-state index in [1.165, 1.54) is 44.1 Å². The van der Waals surface area contributed by atoms with E-state index in [4.69, 9.17) is 0 Å². The summed E-state index contributed by atoms with van der Waals surface area (Å²) in [6.07, 6.45) is 12.9. The van der Waals surface area contributed by atoms with Crippen molar-refractivity contribution in [1.29, 1.82) is 0 Å². The quantitative estimate of drug-likeness (QED) is 0.598. The van der Waals surface area contributed by atoms with Gasteiger partial charge >= 0.3 is 0 Å².